The molecule has 0 bridgehead atoms. The molecule has 1 aromatic carbocycles. The van der Waals surface area contributed by atoms with Crippen LogP contribution in [0.3, 0.4) is 0 Å². The topological polar surface area (TPSA) is 77.6 Å². The molecule has 6 heteroatoms. The van der Waals surface area contributed by atoms with E-state index in [1.807, 2.05) is 30.3 Å². The van der Waals surface area contributed by atoms with Crippen LogP contribution in [-0.4, -0.2) is 25.5 Å². The highest BCUT2D eigenvalue weighted by Crippen LogP contribution is 2.24. The summed E-state index contributed by atoms with van der Waals surface area (Å²) in [5, 5.41) is 0. The second-order valence-electron chi connectivity index (χ2n) is 4.83. The molecule has 0 aliphatic rings. The first-order chi connectivity index (χ1) is 11.2. The van der Waals surface area contributed by atoms with Crippen LogP contribution in [0.15, 0.2) is 41.3 Å². The molecule has 122 valence electrons. The van der Waals surface area contributed by atoms with Gasteiger partial charge in [-0.2, -0.15) is 0 Å². The molecule has 1 N–H and O–H groups in total. The summed E-state index contributed by atoms with van der Waals surface area (Å²) in [6.45, 7) is 0.224. The quantitative estimate of drug-likeness (QED) is 0.595. The first kappa shape index (κ1) is 16.9. The second-order valence-corrected chi connectivity index (χ2v) is 4.83. The van der Waals surface area contributed by atoms with Gasteiger partial charge >= 0.3 is 0 Å². The Bertz CT molecular complexity index is 692. The van der Waals surface area contributed by atoms with Crippen molar-refractivity contribution < 1.29 is 19.0 Å². The van der Waals surface area contributed by atoms with Crippen molar-refractivity contribution in [3.05, 3.63) is 63.6 Å². The molecule has 0 amide bonds. The Balaban J connectivity index is 2.37. The van der Waals surface area contributed by atoms with Gasteiger partial charge in [-0.3, -0.25) is 4.79 Å². The molecule has 0 spiro atoms. The molecule has 0 saturated heterocycles. The van der Waals surface area contributed by atoms with Gasteiger partial charge in [0.05, 0.1) is 0 Å². The van der Waals surface area contributed by atoms with Crippen LogP contribution in [0.1, 0.15) is 23.1 Å². The van der Waals surface area contributed by atoms with Crippen LogP contribution in [0.5, 0.6) is 5.75 Å². The fourth-order valence-electron chi connectivity index (χ4n) is 2.19. The smallest absolute Gasteiger partial charge is 0.227 e. The lowest BCUT2D eigenvalue weighted by atomic mass is 10.1. The third-order valence-electron chi connectivity index (χ3n) is 3.34. The molecule has 0 aliphatic carbocycles. The highest BCUT2D eigenvalue weighted by molar-refractivity contribution is 5.55. The molecule has 1 aromatic heterocycles. The zero-order chi connectivity index (χ0) is 16.7. The minimum absolute atomic E-state index is 0.0158. The fourth-order valence-corrected chi connectivity index (χ4v) is 2.19. The predicted octanol–water partition coefficient (Wildman–Crippen LogP) is 1.99. The SMILES string of the molecule is COC(OC)c1[nH]cc(CC=O)c(=O)c1OCc1ccccc1. The van der Waals surface area contributed by atoms with Crippen molar-refractivity contribution in [1.29, 1.82) is 0 Å². The summed E-state index contributed by atoms with van der Waals surface area (Å²) >= 11 is 0. The van der Waals surface area contributed by atoms with Crippen molar-refractivity contribution in [3.8, 4) is 5.75 Å². The molecule has 2 rings (SSSR count). The van der Waals surface area contributed by atoms with Gasteiger partial charge in [0.2, 0.25) is 11.7 Å². The van der Waals surface area contributed by atoms with Crippen LogP contribution >= 0.6 is 0 Å². The van der Waals surface area contributed by atoms with Crippen molar-refractivity contribution in [2.24, 2.45) is 0 Å². The number of rotatable bonds is 8. The number of nitrogens with one attached hydrogen (secondary N) is 1. The molecule has 0 saturated carbocycles. The number of aromatic nitrogens is 1. The minimum Gasteiger partial charge on any atom is -0.483 e. The highest BCUT2D eigenvalue weighted by Gasteiger charge is 2.21. The van der Waals surface area contributed by atoms with E-state index in [9.17, 15) is 9.59 Å². The van der Waals surface area contributed by atoms with Crippen LogP contribution in [0, 0.1) is 0 Å². The summed E-state index contributed by atoms with van der Waals surface area (Å²) < 4.78 is 16.1. The second kappa shape index (κ2) is 8.26. The Morgan fingerprint density at radius 3 is 2.48 bits per heavy atom. The molecule has 2 aromatic rings. The molecular formula is C17H19NO5. The molecule has 0 aliphatic heterocycles. The van der Waals surface area contributed by atoms with Gasteiger partial charge in [-0.05, 0) is 5.56 Å². The van der Waals surface area contributed by atoms with E-state index in [2.05, 4.69) is 4.98 Å². The standard InChI is InChI=1S/C17H19NO5/c1-21-17(22-2)14-16(15(20)13(8-9-19)10-18-14)23-11-12-6-4-3-5-7-12/h3-7,9-10,17H,8,11H2,1-2H3,(H,18,20). The lowest BCUT2D eigenvalue weighted by Gasteiger charge is -2.18. The monoisotopic (exact) mass is 317 g/mol. The van der Waals surface area contributed by atoms with E-state index in [1.54, 1.807) is 0 Å². The highest BCUT2D eigenvalue weighted by atomic mass is 16.7. The fraction of sp³-hybridized carbons (Fsp3) is 0.294. The van der Waals surface area contributed by atoms with Crippen molar-refractivity contribution in [2.45, 2.75) is 19.3 Å². The number of aromatic amines is 1. The van der Waals surface area contributed by atoms with Gasteiger partial charge in [-0.15, -0.1) is 0 Å². The minimum atomic E-state index is -0.765. The number of carbonyl (C=O) groups excluding carboxylic acids is 1. The lowest BCUT2D eigenvalue weighted by molar-refractivity contribution is -0.110. The van der Waals surface area contributed by atoms with Crippen LogP contribution < -0.4 is 10.2 Å². The summed E-state index contributed by atoms with van der Waals surface area (Å²) in [7, 11) is 2.93. The number of ether oxygens (including phenoxy) is 3. The number of hydrogen-bond donors (Lipinski definition) is 1. The molecule has 0 radical (unpaired) electrons. The summed E-state index contributed by atoms with van der Waals surface area (Å²) in [6, 6.07) is 9.47. The van der Waals surface area contributed by atoms with E-state index in [-0.39, 0.29) is 24.2 Å². The Morgan fingerprint density at radius 1 is 1.17 bits per heavy atom. The average molecular weight is 317 g/mol. The van der Waals surface area contributed by atoms with Gasteiger partial charge in [-0.25, -0.2) is 0 Å². The Kier molecular flexibility index (Phi) is 6.08. The maximum Gasteiger partial charge on any atom is 0.227 e. The number of hydrogen-bond acceptors (Lipinski definition) is 5. The number of H-pyrrole nitrogens is 1. The third-order valence-corrected chi connectivity index (χ3v) is 3.34. The molecular weight excluding hydrogens is 298 g/mol. The van der Waals surface area contributed by atoms with Crippen LogP contribution in [0.4, 0.5) is 0 Å². The van der Waals surface area contributed by atoms with Crippen molar-refractivity contribution in [1.82, 2.24) is 4.98 Å². The molecule has 0 atom stereocenters. The Labute approximate surface area is 134 Å². The largest absolute Gasteiger partial charge is 0.483 e. The van der Waals surface area contributed by atoms with E-state index < -0.39 is 6.29 Å². The lowest BCUT2D eigenvalue weighted by Crippen LogP contribution is -2.20. The summed E-state index contributed by atoms with van der Waals surface area (Å²) in [5.74, 6) is 0.0990. The summed E-state index contributed by atoms with van der Waals surface area (Å²) in [4.78, 5) is 26.2. The molecule has 6 nitrogen and oxygen atoms in total. The number of pyridine rings is 1. The average Bonchev–Trinajstić information content (AvgIpc) is 2.58. The van der Waals surface area contributed by atoms with Gasteiger partial charge < -0.3 is 24.0 Å². The van der Waals surface area contributed by atoms with Crippen molar-refractivity contribution in [2.75, 3.05) is 14.2 Å². The third kappa shape index (κ3) is 4.06. The molecule has 0 unspecified atom stereocenters. The zero-order valence-corrected chi connectivity index (χ0v) is 13.1. The molecule has 0 fully saturated rings. The van der Waals surface area contributed by atoms with Crippen molar-refractivity contribution >= 4 is 6.29 Å². The number of benzene rings is 1. The van der Waals surface area contributed by atoms with Crippen LogP contribution in [-0.2, 0) is 27.3 Å². The molecule has 1 heterocycles. The maximum absolute atomic E-state index is 12.5. The summed E-state index contributed by atoms with van der Waals surface area (Å²) in [6.07, 6.45) is 1.41. The number of methoxy groups -OCH3 is 2. The van der Waals surface area contributed by atoms with E-state index >= 15 is 0 Å². The van der Waals surface area contributed by atoms with E-state index in [0.717, 1.165) is 5.56 Å². The van der Waals surface area contributed by atoms with Gasteiger partial charge in [0.25, 0.3) is 0 Å². The van der Waals surface area contributed by atoms with Crippen LogP contribution in [0.25, 0.3) is 0 Å². The van der Waals surface area contributed by atoms with Gasteiger partial charge in [-0.1, -0.05) is 30.3 Å². The van der Waals surface area contributed by atoms with E-state index in [0.29, 0.717) is 17.5 Å². The summed E-state index contributed by atoms with van der Waals surface area (Å²) in [5.41, 5.74) is 1.29. The Hall–Kier alpha value is -2.44. The zero-order valence-electron chi connectivity index (χ0n) is 13.1. The van der Waals surface area contributed by atoms with Gasteiger partial charge in [0, 0.05) is 32.4 Å². The van der Waals surface area contributed by atoms with Gasteiger partial charge in [0.15, 0.2) is 5.75 Å². The Morgan fingerprint density at radius 2 is 1.87 bits per heavy atom. The van der Waals surface area contributed by atoms with E-state index in [4.69, 9.17) is 14.2 Å². The first-order valence-corrected chi connectivity index (χ1v) is 7.11. The number of aldehydes is 1. The van der Waals surface area contributed by atoms with Crippen molar-refractivity contribution in [3.63, 3.8) is 0 Å². The normalized spacial score (nSPS) is 10.7. The molecule has 23 heavy (non-hydrogen) atoms. The van der Waals surface area contributed by atoms with E-state index in [1.165, 1.54) is 20.4 Å². The van der Waals surface area contributed by atoms with Gasteiger partial charge in [0.1, 0.15) is 18.6 Å². The first-order valence-electron chi connectivity index (χ1n) is 7.11. The van der Waals surface area contributed by atoms with Crippen LogP contribution in [0.2, 0.25) is 0 Å². The maximum atomic E-state index is 12.5. The number of carbonyl (C=O) groups is 1. The predicted molar refractivity (Wildman–Crippen MR) is 84.4 cm³/mol.